The van der Waals surface area contributed by atoms with Gasteiger partial charge in [-0.1, -0.05) is 32.0 Å². The molecule has 1 aromatic carbocycles. The second-order valence-electron chi connectivity index (χ2n) is 6.23. The average molecular weight is 284 g/mol. The first kappa shape index (κ1) is 13.9. The lowest BCUT2D eigenvalue weighted by Gasteiger charge is -2.34. The van der Waals surface area contributed by atoms with Crippen molar-refractivity contribution >= 4 is 22.6 Å². The fraction of sp³-hybridized carbons (Fsp3) is 0.412. The molecule has 2 aromatic rings. The summed E-state index contributed by atoms with van der Waals surface area (Å²) < 4.78 is 0. The number of carbonyl (C=O) groups is 2. The summed E-state index contributed by atoms with van der Waals surface area (Å²) in [5, 5.41) is 0.814. The van der Waals surface area contributed by atoms with E-state index in [9.17, 15) is 9.59 Å². The summed E-state index contributed by atoms with van der Waals surface area (Å²) in [5.74, 6) is 0.119. The normalized spacial score (nSPS) is 22.5. The molecule has 2 heterocycles. The molecule has 1 N–H and O–H groups in total. The Labute approximate surface area is 124 Å². The predicted octanol–water partition coefficient (Wildman–Crippen LogP) is 2.86. The van der Waals surface area contributed by atoms with Crippen LogP contribution in [0.3, 0.4) is 0 Å². The van der Waals surface area contributed by atoms with Gasteiger partial charge < -0.3 is 9.88 Å². The monoisotopic (exact) mass is 284 g/mol. The number of Topliss-reactive ketones (excluding diaryl/α,β-unsaturated/α-hetero) is 1. The Morgan fingerprint density at radius 3 is 2.52 bits per heavy atom. The molecule has 1 aliphatic heterocycles. The number of piperidine rings is 1. The zero-order chi connectivity index (χ0) is 15.0. The van der Waals surface area contributed by atoms with Crippen LogP contribution in [-0.4, -0.2) is 34.7 Å². The second kappa shape index (κ2) is 5.35. The maximum Gasteiger partial charge on any atom is 0.295 e. The molecule has 0 aliphatic carbocycles. The number of rotatable bonds is 2. The fourth-order valence-electron chi connectivity index (χ4n) is 3.35. The van der Waals surface area contributed by atoms with Gasteiger partial charge in [0.25, 0.3) is 11.7 Å². The number of likely N-dealkylation sites (tertiary alicyclic amines) is 1. The second-order valence-corrected chi connectivity index (χ2v) is 6.23. The van der Waals surface area contributed by atoms with Crippen LogP contribution in [-0.2, 0) is 4.79 Å². The van der Waals surface area contributed by atoms with E-state index in [1.807, 2.05) is 24.3 Å². The zero-order valence-electron chi connectivity index (χ0n) is 12.4. The van der Waals surface area contributed by atoms with Gasteiger partial charge in [0.05, 0.1) is 5.56 Å². The molecule has 0 bridgehead atoms. The number of amides is 1. The van der Waals surface area contributed by atoms with Gasteiger partial charge in [-0.15, -0.1) is 0 Å². The van der Waals surface area contributed by atoms with Gasteiger partial charge in [0.1, 0.15) is 0 Å². The number of H-pyrrole nitrogens is 1. The summed E-state index contributed by atoms with van der Waals surface area (Å²) in [6, 6.07) is 7.56. The van der Waals surface area contributed by atoms with Gasteiger partial charge in [-0.25, -0.2) is 0 Å². The molecular formula is C17H20N2O2. The minimum Gasteiger partial charge on any atom is -0.360 e. The number of nitrogens with one attached hydrogen (secondary N) is 1. The summed E-state index contributed by atoms with van der Waals surface area (Å²) in [7, 11) is 0. The Balaban J connectivity index is 1.86. The Kier molecular flexibility index (Phi) is 3.53. The van der Waals surface area contributed by atoms with Crippen LogP contribution in [0.1, 0.15) is 30.6 Å². The van der Waals surface area contributed by atoms with Crippen LogP contribution in [0.4, 0.5) is 0 Å². The molecule has 4 heteroatoms. The number of ketones is 1. The first-order valence-corrected chi connectivity index (χ1v) is 7.46. The Bertz CT molecular complexity index is 679. The summed E-state index contributed by atoms with van der Waals surface area (Å²) >= 11 is 0. The number of aromatic amines is 1. The first-order valence-electron chi connectivity index (χ1n) is 7.46. The highest BCUT2D eigenvalue weighted by Gasteiger charge is 2.30. The Morgan fingerprint density at radius 1 is 1.14 bits per heavy atom. The molecule has 0 radical (unpaired) electrons. The lowest BCUT2D eigenvalue weighted by Crippen LogP contribution is -2.45. The van der Waals surface area contributed by atoms with Gasteiger partial charge in [-0.05, 0) is 24.3 Å². The number of hydrogen-bond acceptors (Lipinski definition) is 2. The van der Waals surface area contributed by atoms with Crippen molar-refractivity contribution in [3.05, 3.63) is 36.0 Å². The third-order valence-electron chi connectivity index (χ3n) is 4.18. The van der Waals surface area contributed by atoms with Crippen LogP contribution in [0.5, 0.6) is 0 Å². The van der Waals surface area contributed by atoms with Gasteiger partial charge >= 0.3 is 0 Å². The SMILES string of the molecule is C[C@@H]1C[C@H](C)CN(C(=O)C(=O)c2c[nH]c3ccccc23)C1. The van der Waals surface area contributed by atoms with Gasteiger partial charge in [0.2, 0.25) is 0 Å². The van der Waals surface area contributed by atoms with Crippen molar-refractivity contribution in [2.45, 2.75) is 20.3 Å². The quantitative estimate of drug-likeness (QED) is 0.681. The van der Waals surface area contributed by atoms with E-state index >= 15 is 0 Å². The van der Waals surface area contributed by atoms with E-state index < -0.39 is 5.78 Å². The molecule has 1 aromatic heterocycles. The lowest BCUT2D eigenvalue weighted by atomic mass is 9.91. The topological polar surface area (TPSA) is 53.2 Å². The lowest BCUT2D eigenvalue weighted by molar-refractivity contribution is -0.129. The van der Waals surface area contributed by atoms with Crippen molar-refractivity contribution in [3.63, 3.8) is 0 Å². The third kappa shape index (κ3) is 2.58. The molecular weight excluding hydrogens is 264 g/mol. The van der Waals surface area contributed by atoms with E-state index in [0.29, 0.717) is 30.5 Å². The number of carbonyl (C=O) groups excluding carboxylic acids is 2. The highest BCUT2D eigenvalue weighted by Crippen LogP contribution is 2.23. The predicted molar refractivity (Wildman–Crippen MR) is 82.2 cm³/mol. The molecule has 21 heavy (non-hydrogen) atoms. The zero-order valence-corrected chi connectivity index (χ0v) is 12.4. The maximum absolute atomic E-state index is 12.5. The van der Waals surface area contributed by atoms with Crippen molar-refractivity contribution in [1.29, 1.82) is 0 Å². The molecule has 110 valence electrons. The van der Waals surface area contributed by atoms with E-state index in [2.05, 4.69) is 18.8 Å². The van der Waals surface area contributed by atoms with Crippen LogP contribution >= 0.6 is 0 Å². The number of benzene rings is 1. The van der Waals surface area contributed by atoms with Crippen molar-refractivity contribution in [2.24, 2.45) is 11.8 Å². The smallest absolute Gasteiger partial charge is 0.295 e. The van der Waals surface area contributed by atoms with Crippen molar-refractivity contribution in [1.82, 2.24) is 9.88 Å². The molecule has 4 nitrogen and oxygen atoms in total. The highest BCUT2D eigenvalue weighted by molar-refractivity contribution is 6.44. The van der Waals surface area contributed by atoms with Crippen LogP contribution in [0.15, 0.2) is 30.5 Å². The van der Waals surface area contributed by atoms with E-state index in [1.54, 1.807) is 11.1 Å². The van der Waals surface area contributed by atoms with Gasteiger partial charge in [0, 0.05) is 30.2 Å². The minimum absolute atomic E-state index is 0.377. The Hall–Kier alpha value is -2.10. The first-order chi connectivity index (χ1) is 10.1. The molecule has 0 saturated carbocycles. The van der Waals surface area contributed by atoms with E-state index in [4.69, 9.17) is 0 Å². The molecule has 1 aliphatic rings. The number of fused-ring (bicyclic) bond motifs is 1. The van der Waals surface area contributed by atoms with Crippen LogP contribution < -0.4 is 0 Å². The van der Waals surface area contributed by atoms with Crippen LogP contribution in [0, 0.1) is 11.8 Å². The van der Waals surface area contributed by atoms with Gasteiger partial charge in [-0.3, -0.25) is 9.59 Å². The largest absolute Gasteiger partial charge is 0.360 e. The minimum atomic E-state index is -0.409. The molecule has 0 unspecified atom stereocenters. The summed E-state index contributed by atoms with van der Waals surface area (Å²) in [6.07, 6.45) is 2.76. The molecule has 1 saturated heterocycles. The van der Waals surface area contributed by atoms with Crippen LogP contribution in [0.25, 0.3) is 10.9 Å². The molecule has 2 atom stereocenters. The summed E-state index contributed by atoms with van der Waals surface area (Å²) in [4.78, 5) is 29.8. The van der Waals surface area contributed by atoms with E-state index in [0.717, 1.165) is 17.3 Å². The number of para-hydroxylation sites is 1. The third-order valence-corrected chi connectivity index (χ3v) is 4.18. The molecule has 1 amide bonds. The highest BCUT2D eigenvalue weighted by atomic mass is 16.2. The molecule has 3 rings (SSSR count). The standard InChI is InChI=1S/C17H20N2O2/c1-11-7-12(2)10-19(9-11)17(21)16(20)14-8-18-15-6-4-3-5-13(14)15/h3-6,8,11-12,18H,7,9-10H2,1-2H3/t11-,12+. The average Bonchev–Trinajstić information content (AvgIpc) is 2.88. The van der Waals surface area contributed by atoms with E-state index in [1.165, 1.54) is 0 Å². The van der Waals surface area contributed by atoms with Gasteiger partial charge in [0.15, 0.2) is 0 Å². The number of aromatic nitrogens is 1. The number of hydrogen-bond donors (Lipinski definition) is 1. The molecule has 0 spiro atoms. The van der Waals surface area contributed by atoms with E-state index in [-0.39, 0.29) is 5.91 Å². The fourth-order valence-corrected chi connectivity index (χ4v) is 3.35. The van der Waals surface area contributed by atoms with Crippen molar-refractivity contribution in [3.8, 4) is 0 Å². The Morgan fingerprint density at radius 2 is 1.81 bits per heavy atom. The molecule has 1 fully saturated rings. The van der Waals surface area contributed by atoms with Gasteiger partial charge in [-0.2, -0.15) is 0 Å². The maximum atomic E-state index is 12.5. The van der Waals surface area contributed by atoms with Crippen LogP contribution in [0.2, 0.25) is 0 Å². The summed E-state index contributed by atoms with van der Waals surface area (Å²) in [6.45, 7) is 5.62. The summed E-state index contributed by atoms with van der Waals surface area (Å²) in [5.41, 5.74) is 1.36. The van der Waals surface area contributed by atoms with Crippen molar-refractivity contribution in [2.75, 3.05) is 13.1 Å². The number of nitrogens with zero attached hydrogens (tertiary/aromatic N) is 1. The van der Waals surface area contributed by atoms with Crippen molar-refractivity contribution < 1.29 is 9.59 Å².